The van der Waals surface area contributed by atoms with Crippen LogP contribution in [0.2, 0.25) is 0 Å². The maximum atomic E-state index is 4.95. The van der Waals surface area contributed by atoms with Gasteiger partial charge in [0.2, 0.25) is 0 Å². The zero-order chi connectivity index (χ0) is 22.7. The Kier molecular flexibility index (Phi) is 6.58. The molecule has 4 heteroatoms. The predicted octanol–water partition coefficient (Wildman–Crippen LogP) is 7.49. The van der Waals surface area contributed by atoms with Crippen molar-refractivity contribution in [2.24, 2.45) is 0 Å². The van der Waals surface area contributed by atoms with Crippen LogP contribution in [0.25, 0.3) is 55.9 Å². The molecular formula is C31H20IrN3-. The molecule has 0 fully saturated rings. The Balaban J connectivity index is 0.00000253. The van der Waals surface area contributed by atoms with Crippen LogP contribution in [0.4, 0.5) is 0 Å². The number of hydrogen-bond donors (Lipinski definition) is 0. The first-order chi connectivity index (χ1) is 16.8. The molecule has 3 nitrogen and oxygen atoms in total. The van der Waals surface area contributed by atoms with Crippen LogP contribution in [-0.2, 0) is 20.1 Å². The average molecular weight is 627 g/mol. The topological polar surface area (TPSA) is 38.7 Å². The van der Waals surface area contributed by atoms with Crippen molar-refractivity contribution in [1.82, 2.24) is 15.0 Å². The van der Waals surface area contributed by atoms with Crippen LogP contribution in [0.15, 0.2) is 121 Å². The molecule has 0 aliphatic rings. The molecule has 0 saturated carbocycles. The Labute approximate surface area is 217 Å². The summed E-state index contributed by atoms with van der Waals surface area (Å²) < 4.78 is 0. The summed E-state index contributed by atoms with van der Waals surface area (Å²) in [4.78, 5) is 14.6. The molecule has 0 aliphatic carbocycles. The Hall–Kier alpha value is -3.98. The molecule has 0 aliphatic heterocycles. The summed E-state index contributed by atoms with van der Waals surface area (Å²) in [5.74, 6) is 0.677. The summed E-state index contributed by atoms with van der Waals surface area (Å²) >= 11 is 0. The number of hydrogen-bond acceptors (Lipinski definition) is 3. The van der Waals surface area contributed by atoms with E-state index in [1.54, 1.807) is 0 Å². The van der Waals surface area contributed by atoms with Crippen LogP contribution >= 0.6 is 0 Å². The summed E-state index contributed by atoms with van der Waals surface area (Å²) in [6.45, 7) is 0. The molecule has 0 N–H and O–H groups in total. The van der Waals surface area contributed by atoms with Gasteiger partial charge in [0.1, 0.15) is 5.82 Å². The molecule has 35 heavy (non-hydrogen) atoms. The summed E-state index contributed by atoms with van der Waals surface area (Å²) in [6, 6.07) is 42.2. The monoisotopic (exact) mass is 627 g/mol. The van der Waals surface area contributed by atoms with Crippen LogP contribution in [0.3, 0.4) is 0 Å². The molecule has 169 valence electrons. The number of fused-ring (bicyclic) bond motifs is 1. The Bertz CT molecular complexity index is 1540. The van der Waals surface area contributed by atoms with Gasteiger partial charge in [0.25, 0.3) is 0 Å². The SMILES string of the molecule is [Ir].[c-]1ccc(-c2nc(-c3ccccc3)cc(-c3ccccc3)n2)cc1-c1nccc2ccccc12. The first kappa shape index (κ1) is 22.8. The molecule has 1 radical (unpaired) electrons. The molecule has 6 aromatic rings. The van der Waals surface area contributed by atoms with Crippen molar-refractivity contribution in [3.63, 3.8) is 0 Å². The van der Waals surface area contributed by atoms with E-state index >= 15 is 0 Å². The van der Waals surface area contributed by atoms with Crippen molar-refractivity contribution in [3.8, 4) is 45.2 Å². The number of aromatic nitrogens is 3. The molecule has 2 heterocycles. The molecule has 2 aromatic heterocycles. The van der Waals surface area contributed by atoms with E-state index in [9.17, 15) is 0 Å². The summed E-state index contributed by atoms with van der Waals surface area (Å²) in [5, 5.41) is 2.25. The van der Waals surface area contributed by atoms with Crippen molar-refractivity contribution in [2.45, 2.75) is 0 Å². The quantitative estimate of drug-likeness (QED) is 0.190. The van der Waals surface area contributed by atoms with Crippen molar-refractivity contribution < 1.29 is 20.1 Å². The molecule has 6 rings (SSSR count). The fraction of sp³-hybridized carbons (Fsp3) is 0. The zero-order valence-corrected chi connectivity index (χ0v) is 21.1. The third-order valence-corrected chi connectivity index (χ3v) is 5.85. The van der Waals surface area contributed by atoms with Gasteiger partial charge in [-0.2, -0.15) is 0 Å². The van der Waals surface area contributed by atoms with Crippen LogP contribution in [0.1, 0.15) is 0 Å². The molecule has 4 aromatic carbocycles. The molecule has 0 unspecified atom stereocenters. The van der Waals surface area contributed by atoms with Gasteiger partial charge in [-0.05, 0) is 28.6 Å². The van der Waals surface area contributed by atoms with Crippen LogP contribution in [0.5, 0.6) is 0 Å². The molecular weight excluding hydrogens is 607 g/mol. The number of nitrogens with zero attached hydrogens (tertiary/aromatic N) is 3. The normalized spacial score (nSPS) is 10.6. The Morgan fingerprint density at radius 3 is 1.89 bits per heavy atom. The second-order valence-corrected chi connectivity index (χ2v) is 8.07. The summed E-state index contributed by atoms with van der Waals surface area (Å²) in [6.07, 6.45) is 1.85. The first-order valence-electron chi connectivity index (χ1n) is 11.2. The maximum Gasteiger partial charge on any atom is 0.142 e. The minimum Gasteiger partial charge on any atom is -0.304 e. The fourth-order valence-corrected chi connectivity index (χ4v) is 4.17. The largest absolute Gasteiger partial charge is 0.304 e. The second-order valence-electron chi connectivity index (χ2n) is 8.07. The van der Waals surface area contributed by atoms with Crippen molar-refractivity contribution in [2.75, 3.05) is 0 Å². The molecule has 0 bridgehead atoms. The van der Waals surface area contributed by atoms with Crippen LogP contribution < -0.4 is 0 Å². The minimum absolute atomic E-state index is 0. The van der Waals surface area contributed by atoms with E-state index < -0.39 is 0 Å². The number of benzene rings is 4. The third kappa shape index (κ3) is 4.67. The predicted molar refractivity (Wildman–Crippen MR) is 138 cm³/mol. The summed E-state index contributed by atoms with van der Waals surface area (Å²) in [5.41, 5.74) is 6.65. The van der Waals surface area contributed by atoms with Crippen LogP contribution in [0, 0.1) is 6.07 Å². The molecule has 0 saturated heterocycles. The van der Waals surface area contributed by atoms with Gasteiger partial charge < -0.3 is 4.98 Å². The van der Waals surface area contributed by atoms with Gasteiger partial charge in [-0.15, -0.1) is 29.8 Å². The van der Waals surface area contributed by atoms with E-state index in [1.807, 2.05) is 72.9 Å². The van der Waals surface area contributed by atoms with E-state index in [4.69, 9.17) is 9.97 Å². The zero-order valence-electron chi connectivity index (χ0n) is 18.7. The molecule has 0 spiro atoms. The first-order valence-corrected chi connectivity index (χ1v) is 11.2. The second kappa shape index (κ2) is 10.1. The minimum atomic E-state index is 0. The fourth-order valence-electron chi connectivity index (χ4n) is 4.17. The number of rotatable bonds is 4. The Morgan fingerprint density at radius 1 is 0.571 bits per heavy atom. The van der Waals surface area contributed by atoms with Gasteiger partial charge >= 0.3 is 0 Å². The van der Waals surface area contributed by atoms with Gasteiger partial charge in [-0.25, -0.2) is 9.97 Å². The van der Waals surface area contributed by atoms with Gasteiger partial charge in [-0.3, -0.25) is 0 Å². The third-order valence-electron chi connectivity index (χ3n) is 5.85. The molecule has 0 atom stereocenters. The van der Waals surface area contributed by atoms with Gasteiger partial charge in [0.05, 0.1) is 11.4 Å². The van der Waals surface area contributed by atoms with E-state index in [0.29, 0.717) is 5.82 Å². The van der Waals surface area contributed by atoms with E-state index in [1.165, 1.54) is 0 Å². The Morgan fingerprint density at radius 2 is 1.20 bits per heavy atom. The smallest absolute Gasteiger partial charge is 0.142 e. The van der Waals surface area contributed by atoms with Crippen LogP contribution in [-0.4, -0.2) is 15.0 Å². The average Bonchev–Trinajstić information content (AvgIpc) is 2.93. The van der Waals surface area contributed by atoms with E-state index in [-0.39, 0.29) is 20.1 Å². The van der Waals surface area contributed by atoms with Crippen molar-refractivity contribution in [1.29, 1.82) is 0 Å². The maximum absolute atomic E-state index is 4.95. The van der Waals surface area contributed by atoms with E-state index in [2.05, 4.69) is 59.6 Å². The van der Waals surface area contributed by atoms with Crippen molar-refractivity contribution >= 4 is 10.8 Å². The standard InChI is InChI=1S/C31H20N3.Ir/c1-3-11-23(12-4-1)28-21-29(24-13-5-2-6-14-24)34-31(33-28)26-16-9-15-25(20-26)30-27-17-8-7-10-22(27)18-19-32-30;/h1-14,16-21H;/q-1;. The van der Waals surface area contributed by atoms with Gasteiger partial charge in [0, 0.05) is 37.4 Å². The summed E-state index contributed by atoms with van der Waals surface area (Å²) in [7, 11) is 0. The van der Waals surface area contributed by atoms with E-state index in [0.717, 1.165) is 50.1 Å². The number of pyridine rings is 1. The van der Waals surface area contributed by atoms with Gasteiger partial charge in [0.15, 0.2) is 0 Å². The molecule has 0 amide bonds. The van der Waals surface area contributed by atoms with Crippen molar-refractivity contribution in [3.05, 3.63) is 128 Å². The van der Waals surface area contributed by atoms with Gasteiger partial charge in [-0.1, -0.05) is 90.5 Å².